The molecular formula is C20H24Cl2N4O. The van der Waals surface area contributed by atoms with Crippen LogP contribution >= 0.6 is 23.2 Å². The Kier molecular flexibility index (Phi) is 7.18. The highest BCUT2D eigenvalue weighted by Gasteiger charge is 2.14. The lowest BCUT2D eigenvalue weighted by Gasteiger charge is -2.23. The van der Waals surface area contributed by atoms with Gasteiger partial charge in [0.05, 0.1) is 23.5 Å². The topological polar surface area (TPSA) is 59.1 Å². The third-order valence-electron chi connectivity index (χ3n) is 4.40. The second kappa shape index (κ2) is 9.81. The van der Waals surface area contributed by atoms with Crippen LogP contribution in [0.3, 0.4) is 0 Å². The lowest BCUT2D eigenvalue weighted by molar-refractivity contribution is 0.301. The van der Waals surface area contributed by atoms with Crippen LogP contribution in [0.5, 0.6) is 5.75 Å². The molecule has 144 valence electrons. The third-order valence-corrected chi connectivity index (χ3v) is 4.91. The molecule has 1 saturated carbocycles. The summed E-state index contributed by atoms with van der Waals surface area (Å²) in [5.41, 5.74) is 3.57. The van der Waals surface area contributed by atoms with E-state index >= 15 is 0 Å². The Hall–Kier alpha value is -1.98. The van der Waals surface area contributed by atoms with Gasteiger partial charge in [-0.1, -0.05) is 30.1 Å². The molecule has 0 radical (unpaired) electrons. The monoisotopic (exact) mass is 406 g/mol. The van der Waals surface area contributed by atoms with Crippen molar-refractivity contribution in [3.63, 3.8) is 0 Å². The van der Waals surface area contributed by atoms with Crippen molar-refractivity contribution < 1.29 is 4.74 Å². The van der Waals surface area contributed by atoms with Crippen LogP contribution in [0.25, 0.3) is 0 Å². The molecule has 7 heteroatoms. The van der Waals surface area contributed by atoms with E-state index in [1.54, 1.807) is 18.5 Å². The van der Waals surface area contributed by atoms with Gasteiger partial charge in [-0.05, 0) is 43.4 Å². The molecule has 0 saturated heterocycles. The van der Waals surface area contributed by atoms with Crippen molar-refractivity contribution in [1.29, 1.82) is 0 Å². The molecule has 1 fully saturated rings. The average Bonchev–Trinajstić information content (AvgIpc) is 2.63. The van der Waals surface area contributed by atoms with Gasteiger partial charge in [-0.15, -0.1) is 0 Å². The van der Waals surface area contributed by atoms with E-state index in [0.29, 0.717) is 22.4 Å². The molecule has 2 heterocycles. The predicted octanol–water partition coefficient (Wildman–Crippen LogP) is 5.21. The van der Waals surface area contributed by atoms with Gasteiger partial charge in [0, 0.05) is 24.5 Å². The Balaban J connectivity index is 1.61. The van der Waals surface area contributed by atoms with E-state index in [-0.39, 0.29) is 0 Å². The standard InChI is InChI=1S/C20H24Cl2N4O/c1-2-8-23-18(14-4-3-5-14)12-26-20-9-19(17(22)11-25-20)27-13-16-7-6-15(21)10-24-16/h6-7,9-11,23H,2-5,8,12-13H2,1H3,(H,25,26). The number of aromatic nitrogens is 2. The van der Waals surface area contributed by atoms with Crippen molar-refractivity contribution in [2.75, 3.05) is 18.4 Å². The number of halogens is 2. The number of rotatable bonds is 9. The van der Waals surface area contributed by atoms with Crippen LogP contribution in [0.4, 0.5) is 5.82 Å². The van der Waals surface area contributed by atoms with Gasteiger partial charge in [-0.25, -0.2) is 4.98 Å². The summed E-state index contributed by atoms with van der Waals surface area (Å²) >= 11 is 12.1. The molecule has 0 amide bonds. The molecule has 0 aromatic carbocycles. The van der Waals surface area contributed by atoms with Gasteiger partial charge < -0.3 is 15.4 Å². The Labute approximate surface area is 170 Å². The number of hydrogen-bond acceptors (Lipinski definition) is 5. The molecule has 5 nitrogen and oxygen atoms in total. The highest BCUT2D eigenvalue weighted by molar-refractivity contribution is 6.32. The van der Waals surface area contributed by atoms with Gasteiger partial charge in [-0.2, -0.15) is 0 Å². The lowest BCUT2D eigenvalue weighted by Crippen LogP contribution is -2.25. The first-order chi connectivity index (χ1) is 13.2. The molecule has 0 bridgehead atoms. The van der Waals surface area contributed by atoms with Crippen LogP contribution in [0.1, 0.15) is 38.3 Å². The van der Waals surface area contributed by atoms with Gasteiger partial charge in [0.25, 0.3) is 0 Å². The fraction of sp³-hybridized carbons (Fsp3) is 0.400. The van der Waals surface area contributed by atoms with E-state index < -0.39 is 0 Å². The minimum atomic E-state index is 0.313. The maximum atomic E-state index is 6.22. The summed E-state index contributed by atoms with van der Waals surface area (Å²) in [6.07, 6.45) is 7.95. The first-order valence-electron chi connectivity index (χ1n) is 9.23. The fourth-order valence-corrected chi connectivity index (χ4v) is 2.96. The van der Waals surface area contributed by atoms with Crippen molar-refractivity contribution in [3.05, 3.63) is 57.6 Å². The van der Waals surface area contributed by atoms with Crippen LogP contribution in [0.2, 0.25) is 10.0 Å². The van der Waals surface area contributed by atoms with Gasteiger partial charge >= 0.3 is 0 Å². The normalized spacial score (nSPS) is 13.1. The summed E-state index contributed by atoms with van der Waals surface area (Å²) < 4.78 is 5.81. The van der Waals surface area contributed by atoms with E-state index in [9.17, 15) is 0 Å². The highest BCUT2D eigenvalue weighted by Crippen LogP contribution is 2.29. The first-order valence-corrected chi connectivity index (χ1v) is 9.98. The number of ether oxygens (including phenoxy) is 1. The SMILES string of the molecule is CCCNC(CNc1cc(OCc2ccc(Cl)cn2)c(Cl)cn1)=C1CCC1. The molecule has 0 atom stereocenters. The Morgan fingerprint density at radius 2 is 2.04 bits per heavy atom. The maximum absolute atomic E-state index is 6.22. The van der Waals surface area contributed by atoms with Gasteiger partial charge in [0.1, 0.15) is 23.2 Å². The average molecular weight is 407 g/mol. The fourth-order valence-electron chi connectivity index (χ4n) is 2.69. The smallest absolute Gasteiger partial charge is 0.143 e. The molecule has 3 rings (SSSR count). The van der Waals surface area contributed by atoms with Gasteiger partial charge in [-0.3, -0.25) is 4.98 Å². The van der Waals surface area contributed by atoms with E-state index in [2.05, 4.69) is 27.5 Å². The molecule has 0 aliphatic heterocycles. The Morgan fingerprint density at radius 3 is 2.70 bits per heavy atom. The largest absolute Gasteiger partial charge is 0.486 e. The van der Waals surface area contributed by atoms with Crippen molar-refractivity contribution in [3.8, 4) is 5.75 Å². The van der Waals surface area contributed by atoms with E-state index in [0.717, 1.165) is 31.0 Å². The second-order valence-corrected chi connectivity index (χ2v) is 7.32. The van der Waals surface area contributed by atoms with Gasteiger partial charge in [0.2, 0.25) is 0 Å². The zero-order valence-corrected chi connectivity index (χ0v) is 16.9. The minimum absolute atomic E-state index is 0.313. The molecular weight excluding hydrogens is 383 g/mol. The number of hydrogen-bond donors (Lipinski definition) is 2. The van der Waals surface area contributed by atoms with Crippen LogP contribution < -0.4 is 15.4 Å². The van der Waals surface area contributed by atoms with Crippen LogP contribution in [0, 0.1) is 0 Å². The number of nitrogens with one attached hydrogen (secondary N) is 2. The number of pyridine rings is 2. The summed E-state index contributed by atoms with van der Waals surface area (Å²) in [5.74, 6) is 1.31. The molecule has 2 N–H and O–H groups in total. The Morgan fingerprint density at radius 1 is 1.19 bits per heavy atom. The predicted molar refractivity (Wildman–Crippen MR) is 110 cm³/mol. The van der Waals surface area contributed by atoms with Crippen molar-refractivity contribution >= 4 is 29.0 Å². The van der Waals surface area contributed by atoms with Crippen molar-refractivity contribution in [2.45, 2.75) is 39.2 Å². The molecule has 2 aromatic rings. The number of allylic oxidation sites excluding steroid dienone is 1. The van der Waals surface area contributed by atoms with Crippen LogP contribution in [-0.2, 0) is 6.61 Å². The van der Waals surface area contributed by atoms with Gasteiger partial charge in [0.15, 0.2) is 0 Å². The van der Waals surface area contributed by atoms with Crippen molar-refractivity contribution in [2.24, 2.45) is 0 Å². The summed E-state index contributed by atoms with van der Waals surface area (Å²) in [4.78, 5) is 8.58. The second-order valence-electron chi connectivity index (χ2n) is 6.47. The third kappa shape index (κ3) is 5.75. The summed E-state index contributed by atoms with van der Waals surface area (Å²) in [6.45, 7) is 4.19. The van der Waals surface area contributed by atoms with Crippen LogP contribution in [-0.4, -0.2) is 23.1 Å². The van der Waals surface area contributed by atoms with Crippen molar-refractivity contribution in [1.82, 2.24) is 15.3 Å². The first kappa shape index (κ1) is 19.8. The zero-order chi connectivity index (χ0) is 19.1. The quantitative estimate of drug-likeness (QED) is 0.598. The number of nitrogens with zero attached hydrogens (tertiary/aromatic N) is 2. The number of anilines is 1. The highest BCUT2D eigenvalue weighted by atomic mass is 35.5. The zero-order valence-electron chi connectivity index (χ0n) is 15.4. The molecule has 1 aliphatic rings. The summed E-state index contributed by atoms with van der Waals surface area (Å²) in [5, 5.41) is 7.97. The Bertz CT molecular complexity index is 787. The maximum Gasteiger partial charge on any atom is 0.143 e. The molecule has 0 spiro atoms. The molecule has 0 unspecified atom stereocenters. The summed E-state index contributed by atoms with van der Waals surface area (Å²) in [6, 6.07) is 5.43. The van der Waals surface area contributed by atoms with E-state index in [4.69, 9.17) is 27.9 Å². The minimum Gasteiger partial charge on any atom is -0.486 e. The molecule has 27 heavy (non-hydrogen) atoms. The molecule has 2 aromatic heterocycles. The molecule has 1 aliphatic carbocycles. The van der Waals surface area contributed by atoms with E-state index in [1.165, 1.54) is 30.5 Å². The van der Waals surface area contributed by atoms with Crippen LogP contribution in [0.15, 0.2) is 41.9 Å². The lowest BCUT2D eigenvalue weighted by atomic mass is 9.90. The van der Waals surface area contributed by atoms with E-state index in [1.807, 2.05) is 12.1 Å². The summed E-state index contributed by atoms with van der Waals surface area (Å²) in [7, 11) is 0.